The summed E-state index contributed by atoms with van der Waals surface area (Å²) in [6, 6.07) is 26.8. The van der Waals surface area contributed by atoms with Gasteiger partial charge >= 0.3 is 6.03 Å². The van der Waals surface area contributed by atoms with Gasteiger partial charge in [0.25, 0.3) is 0 Å². The van der Waals surface area contributed by atoms with Gasteiger partial charge < -0.3 is 15.4 Å². The number of aryl methyl sites for hydroxylation is 1. The Balaban J connectivity index is 1.84. The second-order valence-corrected chi connectivity index (χ2v) is 6.46. The number of amides is 2. The average Bonchev–Trinajstić information content (AvgIpc) is 2.72. The van der Waals surface area contributed by atoms with E-state index < -0.39 is 0 Å². The predicted molar refractivity (Wildman–Crippen MR) is 106 cm³/mol. The molecule has 4 heteroatoms. The second kappa shape index (κ2) is 7.38. The van der Waals surface area contributed by atoms with Crippen molar-refractivity contribution in [3.05, 3.63) is 107 Å². The molecule has 1 aliphatic rings. The molecule has 1 heterocycles. The first kappa shape index (κ1) is 16.9. The van der Waals surface area contributed by atoms with Crippen molar-refractivity contribution in [1.82, 2.24) is 10.6 Å². The monoisotopic (exact) mass is 356 g/mol. The van der Waals surface area contributed by atoms with Gasteiger partial charge in [-0.3, -0.25) is 0 Å². The van der Waals surface area contributed by atoms with Crippen LogP contribution >= 0.6 is 0 Å². The number of carbonyl (C=O) groups excluding carboxylic acids is 1. The molecule has 3 aromatic rings. The molecule has 0 bridgehead atoms. The van der Waals surface area contributed by atoms with E-state index in [9.17, 15) is 4.79 Å². The van der Waals surface area contributed by atoms with Crippen LogP contribution in [0.15, 0.2) is 90.7 Å². The van der Waals surface area contributed by atoms with Gasteiger partial charge in [-0.15, -0.1) is 0 Å². The Morgan fingerprint density at radius 3 is 2.11 bits per heavy atom. The number of benzene rings is 3. The minimum atomic E-state index is -0.378. The zero-order valence-corrected chi connectivity index (χ0v) is 15.0. The van der Waals surface area contributed by atoms with Gasteiger partial charge in [-0.2, -0.15) is 0 Å². The van der Waals surface area contributed by atoms with Crippen LogP contribution in [-0.2, 0) is 0 Å². The molecule has 1 aliphatic heterocycles. The molecule has 27 heavy (non-hydrogen) atoms. The molecule has 0 spiro atoms. The van der Waals surface area contributed by atoms with Crippen molar-refractivity contribution in [2.75, 3.05) is 0 Å². The smallest absolute Gasteiger partial charge is 0.320 e. The van der Waals surface area contributed by atoms with Crippen LogP contribution in [0, 0.1) is 6.92 Å². The van der Waals surface area contributed by atoms with Crippen LogP contribution in [-0.4, -0.2) is 6.03 Å². The SMILES string of the molecule is Cc1ccc(OC2=C(c3ccccc3)NC(=O)NC2c2ccccc2)cc1. The maximum absolute atomic E-state index is 12.4. The van der Waals surface area contributed by atoms with Crippen molar-refractivity contribution >= 4 is 11.7 Å². The van der Waals surface area contributed by atoms with Gasteiger partial charge in [-0.25, -0.2) is 4.79 Å². The quantitative estimate of drug-likeness (QED) is 0.706. The van der Waals surface area contributed by atoms with E-state index in [1.807, 2.05) is 91.9 Å². The van der Waals surface area contributed by atoms with Crippen LogP contribution in [0.3, 0.4) is 0 Å². The lowest BCUT2D eigenvalue weighted by molar-refractivity contribution is 0.234. The summed E-state index contributed by atoms with van der Waals surface area (Å²) in [5.41, 5.74) is 3.70. The summed E-state index contributed by atoms with van der Waals surface area (Å²) in [5, 5.41) is 5.90. The van der Waals surface area contributed by atoms with Crippen LogP contribution in [0.1, 0.15) is 22.7 Å². The molecular weight excluding hydrogens is 336 g/mol. The number of rotatable bonds is 4. The lowest BCUT2D eigenvalue weighted by atomic mass is 9.99. The summed E-state index contributed by atoms with van der Waals surface area (Å²) in [5.74, 6) is 1.39. The first-order valence-electron chi connectivity index (χ1n) is 8.87. The fraction of sp³-hybridized carbons (Fsp3) is 0.0870. The van der Waals surface area contributed by atoms with Crippen molar-refractivity contribution in [2.45, 2.75) is 13.0 Å². The number of carbonyl (C=O) groups is 1. The second-order valence-electron chi connectivity index (χ2n) is 6.46. The summed E-state index contributed by atoms with van der Waals surface area (Å²) in [6.45, 7) is 2.04. The largest absolute Gasteiger partial charge is 0.457 e. The maximum atomic E-state index is 12.4. The predicted octanol–water partition coefficient (Wildman–Crippen LogP) is 4.80. The lowest BCUT2D eigenvalue weighted by Crippen LogP contribution is -2.44. The van der Waals surface area contributed by atoms with E-state index in [2.05, 4.69) is 10.6 Å². The third-order valence-corrected chi connectivity index (χ3v) is 4.47. The van der Waals surface area contributed by atoms with Gasteiger partial charge in [0.2, 0.25) is 0 Å². The van der Waals surface area contributed by atoms with Gasteiger partial charge in [0.1, 0.15) is 11.8 Å². The van der Waals surface area contributed by atoms with Crippen molar-refractivity contribution in [3.8, 4) is 5.75 Å². The van der Waals surface area contributed by atoms with E-state index in [1.165, 1.54) is 0 Å². The van der Waals surface area contributed by atoms with Crippen molar-refractivity contribution in [1.29, 1.82) is 0 Å². The molecule has 0 radical (unpaired) electrons. The van der Waals surface area contributed by atoms with Gasteiger partial charge in [-0.05, 0) is 24.6 Å². The summed E-state index contributed by atoms with van der Waals surface area (Å²) in [4.78, 5) is 12.4. The molecule has 1 unspecified atom stereocenters. The fourth-order valence-corrected chi connectivity index (χ4v) is 3.09. The topological polar surface area (TPSA) is 50.4 Å². The third kappa shape index (κ3) is 3.70. The van der Waals surface area contributed by atoms with E-state index in [4.69, 9.17) is 4.74 Å². The zero-order chi connectivity index (χ0) is 18.6. The summed E-state index contributed by atoms with van der Waals surface area (Å²) in [7, 11) is 0. The molecule has 0 aliphatic carbocycles. The highest BCUT2D eigenvalue weighted by Crippen LogP contribution is 2.32. The molecule has 0 saturated carbocycles. The fourth-order valence-electron chi connectivity index (χ4n) is 3.09. The van der Waals surface area contributed by atoms with Crippen molar-refractivity contribution in [2.24, 2.45) is 0 Å². The molecule has 4 nitrogen and oxygen atoms in total. The molecule has 1 atom stereocenters. The Bertz CT molecular complexity index is 964. The molecule has 0 fully saturated rings. The van der Waals surface area contributed by atoms with E-state index in [0.29, 0.717) is 11.5 Å². The Hall–Kier alpha value is -3.53. The van der Waals surface area contributed by atoms with E-state index in [-0.39, 0.29) is 12.1 Å². The van der Waals surface area contributed by atoms with Crippen LogP contribution in [0.2, 0.25) is 0 Å². The van der Waals surface area contributed by atoms with Crippen LogP contribution in [0.25, 0.3) is 5.70 Å². The molecule has 2 amide bonds. The van der Waals surface area contributed by atoms with Crippen molar-refractivity contribution in [3.63, 3.8) is 0 Å². The highest BCUT2D eigenvalue weighted by molar-refractivity contribution is 5.89. The Labute approximate surface area is 158 Å². The maximum Gasteiger partial charge on any atom is 0.320 e. The zero-order valence-electron chi connectivity index (χ0n) is 15.0. The summed E-state index contributed by atoms with van der Waals surface area (Å²) in [6.07, 6.45) is 0. The Morgan fingerprint density at radius 1 is 0.815 bits per heavy atom. The highest BCUT2D eigenvalue weighted by atomic mass is 16.5. The molecule has 134 valence electrons. The highest BCUT2D eigenvalue weighted by Gasteiger charge is 2.31. The molecule has 0 saturated heterocycles. The third-order valence-electron chi connectivity index (χ3n) is 4.47. The Morgan fingerprint density at radius 2 is 1.44 bits per heavy atom. The molecule has 3 aromatic carbocycles. The minimum Gasteiger partial charge on any atom is -0.457 e. The summed E-state index contributed by atoms with van der Waals surface area (Å²) < 4.78 is 6.30. The van der Waals surface area contributed by atoms with Gasteiger partial charge in [0, 0.05) is 5.56 Å². The number of hydrogen-bond donors (Lipinski definition) is 2. The molecule has 0 aromatic heterocycles. The van der Waals surface area contributed by atoms with Crippen LogP contribution in [0.4, 0.5) is 4.79 Å². The normalized spacial score (nSPS) is 16.5. The number of ether oxygens (including phenoxy) is 1. The first-order valence-corrected chi connectivity index (χ1v) is 8.87. The van der Waals surface area contributed by atoms with Gasteiger partial charge in [0.05, 0.1) is 5.70 Å². The van der Waals surface area contributed by atoms with Gasteiger partial charge in [0.15, 0.2) is 5.76 Å². The standard InChI is InChI=1S/C23H20N2O2/c1-16-12-14-19(15-13-16)27-22-20(17-8-4-2-5-9-17)24-23(26)25-21(22)18-10-6-3-7-11-18/h2-15,20H,1H3,(H2,24,25,26). The first-order chi connectivity index (χ1) is 13.2. The summed E-state index contributed by atoms with van der Waals surface area (Å²) >= 11 is 0. The van der Waals surface area contributed by atoms with E-state index in [1.54, 1.807) is 0 Å². The molecule has 4 rings (SSSR count). The lowest BCUT2D eigenvalue weighted by Gasteiger charge is -2.30. The van der Waals surface area contributed by atoms with E-state index >= 15 is 0 Å². The number of nitrogens with one attached hydrogen (secondary N) is 2. The average molecular weight is 356 g/mol. The van der Waals surface area contributed by atoms with Crippen LogP contribution in [0.5, 0.6) is 5.75 Å². The van der Waals surface area contributed by atoms with Gasteiger partial charge in [-0.1, -0.05) is 78.4 Å². The molecular formula is C23H20N2O2. The van der Waals surface area contributed by atoms with E-state index in [0.717, 1.165) is 22.4 Å². The number of urea groups is 1. The van der Waals surface area contributed by atoms with Crippen molar-refractivity contribution < 1.29 is 9.53 Å². The Kier molecular flexibility index (Phi) is 4.62. The number of hydrogen-bond acceptors (Lipinski definition) is 2. The molecule has 2 N–H and O–H groups in total. The van der Waals surface area contributed by atoms with Crippen LogP contribution < -0.4 is 15.4 Å². The minimum absolute atomic E-state index is 0.251.